The van der Waals surface area contributed by atoms with Crippen molar-refractivity contribution in [2.45, 2.75) is 33.2 Å². The quantitative estimate of drug-likeness (QED) is 0.684. The van der Waals surface area contributed by atoms with E-state index >= 15 is 0 Å². The Morgan fingerprint density at radius 3 is 2.50 bits per heavy atom. The molecule has 30 heavy (non-hydrogen) atoms. The van der Waals surface area contributed by atoms with Crippen LogP contribution in [0.2, 0.25) is 0 Å². The molecule has 2 saturated heterocycles. The van der Waals surface area contributed by atoms with Crippen LogP contribution in [0.5, 0.6) is 0 Å². The van der Waals surface area contributed by atoms with Crippen molar-refractivity contribution in [2.24, 2.45) is 0 Å². The van der Waals surface area contributed by atoms with Crippen LogP contribution in [0.25, 0.3) is 11.9 Å². The fourth-order valence-electron chi connectivity index (χ4n) is 4.40. The topological polar surface area (TPSA) is 88.7 Å². The summed E-state index contributed by atoms with van der Waals surface area (Å²) in [5.74, 6) is 2.00. The molecular weight excluding hydrogens is 404 g/mol. The second-order valence-corrected chi connectivity index (χ2v) is 10.4. The van der Waals surface area contributed by atoms with Crippen LogP contribution < -0.4 is 0 Å². The summed E-state index contributed by atoms with van der Waals surface area (Å²) in [4.78, 5) is 16.7. The highest BCUT2D eigenvalue weighted by Gasteiger charge is 2.34. The minimum atomic E-state index is -2.88. The second kappa shape index (κ2) is 8.03. The van der Waals surface area contributed by atoms with Crippen molar-refractivity contribution in [1.82, 2.24) is 19.5 Å². The Bertz CT molecular complexity index is 1070. The van der Waals surface area contributed by atoms with Crippen LogP contribution in [-0.4, -0.2) is 77.6 Å². The van der Waals surface area contributed by atoms with Gasteiger partial charge in [0.2, 0.25) is 5.91 Å². The van der Waals surface area contributed by atoms with Gasteiger partial charge in [0.1, 0.15) is 5.76 Å². The Hall–Kier alpha value is -2.39. The van der Waals surface area contributed by atoms with Crippen molar-refractivity contribution in [3.05, 3.63) is 40.9 Å². The van der Waals surface area contributed by atoms with E-state index in [2.05, 4.69) is 10.1 Å². The SMILES string of the molecule is Cc1cc(-n2c(C)cc(/C=C/C(=O)N3CCN(C4CCS(=O)(=O)C4)CC3)c2C)no1. The summed E-state index contributed by atoms with van der Waals surface area (Å²) in [6.45, 7) is 8.54. The first-order valence-corrected chi connectivity index (χ1v) is 12.1. The van der Waals surface area contributed by atoms with Crippen molar-refractivity contribution >= 4 is 21.8 Å². The summed E-state index contributed by atoms with van der Waals surface area (Å²) in [6, 6.07) is 4.02. The number of hydrogen-bond donors (Lipinski definition) is 0. The lowest BCUT2D eigenvalue weighted by molar-refractivity contribution is -0.127. The van der Waals surface area contributed by atoms with Crippen LogP contribution in [0.15, 0.2) is 22.7 Å². The van der Waals surface area contributed by atoms with Gasteiger partial charge < -0.3 is 9.42 Å². The second-order valence-electron chi connectivity index (χ2n) is 8.21. The highest BCUT2D eigenvalue weighted by molar-refractivity contribution is 7.91. The Labute approximate surface area is 177 Å². The Morgan fingerprint density at radius 1 is 1.17 bits per heavy atom. The standard InChI is InChI=1S/C21H28N4O4S/c1-15-12-18(17(3)25(15)20-13-16(2)29-22-20)4-5-21(26)24-9-7-23(8-10-24)19-6-11-30(27,28)14-19/h4-5,12-13,19H,6-11,14H2,1-3H3/b5-4+. The van der Waals surface area contributed by atoms with Gasteiger partial charge in [-0.2, -0.15) is 0 Å². The van der Waals surface area contributed by atoms with Crippen molar-refractivity contribution in [2.75, 3.05) is 37.7 Å². The lowest BCUT2D eigenvalue weighted by Crippen LogP contribution is -2.52. The first-order valence-electron chi connectivity index (χ1n) is 10.3. The first-order chi connectivity index (χ1) is 14.2. The molecule has 2 fully saturated rings. The lowest BCUT2D eigenvalue weighted by Gasteiger charge is -2.37. The van der Waals surface area contributed by atoms with Gasteiger partial charge in [-0.1, -0.05) is 5.16 Å². The average molecular weight is 433 g/mol. The van der Waals surface area contributed by atoms with Crippen LogP contribution in [0.4, 0.5) is 0 Å². The molecule has 0 N–H and O–H groups in total. The maximum absolute atomic E-state index is 12.7. The Kier molecular flexibility index (Phi) is 5.59. The van der Waals surface area contributed by atoms with Gasteiger partial charge in [0.25, 0.3) is 0 Å². The molecule has 0 spiro atoms. The minimum Gasteiger partial charge on any atom is -0.360 e. The van der Waals surface area contributed by atoms with Crippen LogP contribution in [0.3, 0.4) is 0 Å². The molecule has 0 aromatic carbocycles. The van der Waals surface area contributed by atoms with Crippen molar-refractivity contribution in [3.8, 4) is 5.82 Å². The molecule has 2 aromatic rings. The van der Waals surface area contributed by atoms with Gasteiger partial charge in [-0.05, 0) is 44.9 Å². The zero-order chi connectivity index (χ0) is 21.5. The first kappa shape index (κ1) is 20.9. The molecule has 0 saturated carbocycles. The van der Waals surface area contributed by atoms with E-state index in [0.29, 0.717) is 19.5 Å². The van der Waals surface area contributed by atoms with Crippen LogP contribution >= 0.6 is 0 Å². The highest BCUT2D eigenvalue weighted by atomic mass is 32.2. The fourth-order valence-corrected chi connectivity index (χ4v) is 6.17. The summed E-state index contributed by atoms with van der Waals surface area (Å²) in [5.41, 5.74) is 2.99. The molecule has 8 nitrogen and oxygen atoms in total. The predicted octanol–water partition coefficient (Wildman–Crippen LogP) is 1.74. The molecule has 9 heteroatoms. The third kappa shape index (κ3) is 4.22. The zero-order valence-corrected chi connectivity index (χ0v) is 18.5. The highest BCUT2D eigenvalue weighted by Crippen LogP contribution is 2.22. The number of piperazine rings is 1. The molecule has 0 aliphatic carbocycles. The van der Waals surface area contributed by atoms with E-state index in [4.69, 9.17) is 4.52 Å². The number of sulfone groups is 1. The van der Waals surface area contributed by atoms with Gasteiger partial charge >= 0.3 is 0 Å². The molecule has 2 aliphatic heterocycles. The van der Waals surface area contributed by atoms with Crippen molar-refractivity contribution in [3.63, 3.8) is 0 Å². The third-order valence-corrected chi connectivity index (χ3v) is 7.82. The molecule has 162 valence electrons. The zero-order valence-electron chi connectivity index (χ0n) is 17.7. The number of amides is 1. The molecule has 4 rings (SSSR count). The van der Waals surface area contributed by atoms with Gasteiger partial charge in [-0.15, -0.1) is 0 Å². The van der Waals surface area contributed by atoms with E-state index in [1.54, 1.807) is 6.08 Å². The number of aryl methyl sites for hydroxylation is 2. The summed E-state index contributed by atoms with van der Waals surface area (Å²) in [7, 11) is -2.88. The number of aromatic nitrogens is 2. The van der Waals surface area contributed by atoms with Crippen molar-refractivity contribution < 1.29 is 17.7 Å². The van der Waals surface area contributed by atoms with E-state index in [0.717, 1.165) is 41.6 Å². The molecule has 1 amide bonds. The summed E-state index contributed by atoms with van der Waals surface area (Å²) < 4.78 is 30.6. The van der Waals surface area contributed by atoms with Gasteiger partial charge in [0.15, 0.2) is 15.7 Å². The van der Waals surface area contributed by atoms with Gasteiger partial charge in [0.05, 0.1) is 11.5 Å². The van der Waals surface area contributed by atoms with E-state index in [-0.39, 0.29) is 23.5 Å². The van der Waals surface area contributed by atoms with Gasteiger partial charge in [-0.25, -0.2) is 8.42 Å². The normalized spacial score (nSPS) is 22.2. The van der Waals surface area contributed by atoms with Crippen molar-refractivity contribution in [1.29, 1.82) is 0 Å². The fraction of sp³-hybridized carbons (Fsp3) is 0.524. The number of nitrogens with zero attached hydrogens (tertiary/aromatic N) is 4. The largest absolute Gasteiger partial charge is 0.360 e. The summed E-state index contributed by atoms with van der Waals surface area (Å²) >= 11 is 0. The molecule has 0 radical (unpaired) electrons. The van der Waals surface area contributed by atoms with E-state index in [1.165, 1.54) is 0 Å². The molecule has 1 atom stereocenters. The van der Waals surface area contributed by atoms with E-state index in [1.807, 2.05) is 48.4 Å². The molecule has 0 bridgehead atoms. The van der Waals surface area contributed by atoms with E-state index < -0.39 is 9.84 Å². The number of rotatable bonds is 4. The molecule has 2 aromatic heterocycles. The Morgan fingerprint density at radius 2 is 1.90 bits per heavy atom. The molecular formula is C21H28N4O4S. The van der Waals surface area contributed by atoms with Crippen LogP contribution in [0.1, 0.15) is 29.1 Å². The maximum Gasteiger partial charge on any atom is 0.246 e. The molecule has 2 aliphatic rings. The van der Waals surface area contributed by atoms with E-state index in [9.17, 15) is 13.2 Å². The predicted molar refractivity (Wildman–Crippen MR) is 114 cm³/mol. The van der Waals surface area contributed by atoms with Gasteiger partial charge in [0, 0.05) is 55.8 Å². The molecule has 1 unspecified atom stereocenters. The monoisotopic (exact) mass is 432 g/mol. The Balaban J connectivity index is 1.38. The third-order valence-electron chi connectivity index (χ3n) is 6.07. The molecule has 4 heterocycles. The average Bonchev–Trinajstić information content (AvgIpc) is 3.37. The van der Waals surface area contributed by atoms with Crippen LogP contribution in [0, 0.1) is 20.8 Å². The smallest absolute Gasteiger partial charge is 0.246 e. The van der Waals surface area contributed by atoms with Gasteiger partial charge in [-0.3, -0.25) is 14.3 Å². The number of carbonyl (C=O) groups excluding carboxylic acids is 1. The van der Waals surface area contributed by atoms with Crippen LogP contribution in [-0.2, 0) is 14.6 Å². The minimum absolute atomic E-state index is 0.0178. The number of carbonyl (C=O) groups is 1. The lowest BCUT2D eigenvalue weighted by atomic mass is 10.2. The summed E-state index contributed by atoms with van der Waals surface area (Å²) in [6.07, 6.45) is 4.18. The maximum atomic E-state index is 12.7. The number of hydrogen-bond acceptors (Lipinski definition) is 6. The summed E-state index contributed by atoms with van der Waals surface area (Å²) in [5, 5.41) is 4.08.